The number of hydrogen-bond acceptors (Lipinski definition) is 5. The summed E-state index contributed by atoms with van der Waals surface area (Å²) in [5.41, 5.74) is 3.04. The molecule has 0 bridgehead atoms. The number of benzene rings is 1. The summed E-state index contributed by atoms with van der Waals surface area (Å²) >= 11 is 0. The van der Waals surface area contributed by atoms with E-state index in [-0.39, 0.29) is 0 Å². The molecule has 0 aliphatic carbocycles. The van der Waals surface area contributed by atoms with E-state index in [0.717, 1.165) is 24.4 Å². The fraction of sp³-hybridized carbons (Fsp3) is 0.200. The first-order valence-electron chi connectivity index (χ1n) is 7.20. The van der Waals surface area contributed by atoms with Gasteiger partial charge in [0.05, 0.1) is 0 Å². The van der Waals surface area contributed by atoms with Crippen molar-refractivity contribution in [2.24, 2.45) is 0 Å². The zero-order chi connectivity index (χ0) is 14.9. The summed E-state index contributed by atoms with van der Waals surface area (Å²) in [6.45, 7) is 3.74. The van der Waals surface area contributed by atoms with Crippen molar-refractivity contribution in [3.05, 3.63) is 48.2 Å². The lowest BCUT2D eigenvalue weighted by atomic mass is 10.1. The predicted molar refractivity (Wildman–Crippen MR) is 83.6 cm³/mol. The number of nitrogens with zero attached hydrogens (tertiary/aromatic N) is 6. The summed E-state index contributed by atoms with van der Waals surface area (Å²) in [6.07, 6.45) is 2.06. The van der Waals surface area contributed by atoms with E-state index in [0.29, 0.717) is 5.65 Å². The smallest absolute Gasteiger partial charge is 0.200 e. The van der Waals surface area contributed by atoms with E-state index >= 15 is 0 Å². The van der Waals surface area contributed by atoms with Crippen LogP contribution in [0.4, 0.5) is 5.82 Å². The van der Waals surface area contributed by atoms with E-state index in [4.69, 9.17) is 0 Å². The maximum Gasteiger partial charge on any atom is 0.200 e. The molecule has 3 aromatic heterocycles. The highest BCUT2D eigenvalue weighted by Crippen LogP contribution is 2.21. The largest absolute Gasteiger partial charge is 0.361 e. The normalized spacial score (nSPS) is 11.3. The van der Waals surface area contributed by atoms with Gasteiger partial charge in [0, 0.05) is 30.2 Å². The van der Waals surface area contributed by atoms with Gasteiger partial charge < -0.3 is 9.88 Å². The molecule has 0 saturated heterocycles. The lowest BCUT2D eigenvalue weighted by Crippen LogP contribution is -2.23. The number of tetrazole rings is 1. The van der Waals surface area contributed by atoms with Gasteiger partial charge in [0.1, 0.15) is 0 Å². The molecule has 0 saturated carbocycles. The summed E-state index contributed by atoms with van der Waals surface area (Å²) in [4.78, 5) is 5.50. The molecule has 0 atom stereocenters. The number of nitrogens with one attached hydrogen (secondary N) is 1. The summed E-state index contributed by atoms with van der Waals surface area (Å²) < 4.78 is 1.45. The second-order valence-corrected chi connectivity index (χ2v) is 5.09. The topological polar surface area (TPSA) is 75.0 Å². The van der Waals surface area contributed by atoms with Crippen LogP contribution in [0.15, 0.2) is 42.6 Å². The van der Waals surface area contributed by atoms with Crippen LogP contribution in [0, 0.1) is 0 Å². The van der Waals surface area contributed by atoms with Gasteiger partial charge in [0.25, 0.3) is 0 Å². The number of hydrogen-bond donors (Lipinski definition) is 1. The first kappa shape index (κ1) is 12.8. The molecule has 0 unspecified atom stereocenters. The zero-order valence-electron chi connectivity index (χ0n) is 12.1. The Kier molecular flexibility index (Phi) is 2.96. The van der Waals surface area contributed by atoms with E-state index in [1.54, 1.807) is 0 Å². The molecule has 7 nitrogen and oxygen atoms in total. The van der Waals surface area contributed by atoms with E-state index in [1.165, 1.54) is 15.6 Å². The maximum atomic E-state index is 4.46. The van der Waals surface area contributed by atoms with E-state index in [2.05, 4.69) is 61.8 Å². The number of para-hydroxylation sites is 1. The molecule has 0 aliphatic heterocycles. The minimum absolute atomic E-state index is 0.645. The zero-order valence-corrected chi connectivity index (χ0v) is 12.1. The number of aromatic nitrogens is 6. The average molecular weight is 293 g/mol. The fourth-order valence-corrected chi connectivity index (χ4v) is 2.63. The van der Waals surface area contributed by atoms with Gasteiger partial charge in [0.15, 0.2) is 11.5 Å². The minimum atomic E-state index is 0.645. The quantitative estimate of drug-likeness (QED) is 0.623. The molecule has 3 heterocycles. The van der Waals surface area contributed by atoms with Gasteiger partial charge >= 0.3 is 0 Å². The van der Waals surface area contributed by atoms with Crippen molar-refractivity contribution >= 4 is 22.4 Å². The molecular weight excluding hydrogens is 278 g/mol. The van der Waals surface area contributed by atoms with Crippen LogP contribution in [-0.4, -0.2) is 36.8 Å². The molecule has 0 amide bonds. The first-order valence-corrected chi connectivity index (χ1v) is 7.20. The average Bonchev–Trinajstić information content (AvgIpc) is 3.18. The van der Waals surface area contributed by atoms with Gasteiger partial charge in [-0.2, -0.15) is 0 Å². The van der Waals surface area contributed by atoms with Crippen LogP contribution in [0.5, 0.6) is 0 Å². The Morgan fingerprint density at radius 2 is 2.09 bits per heavy atom. The third-order valence-electron chi connectivity index (χ3n) is 3.80. The van der Waals surface area contributed by atoms with Crippen LogP contribution in [0.2, 0.25) is 0 Å². The standard InChI is InChI=1S/C15H15N7/c1-2-21(15-8-7-14-17-19-20-22(14)18-15)10-11-9-16-13-6-4-3-5-12(11)13/h3-9,16H,2,10H2,1H3. The molecule has 4 rings (SSSR count). The lowest BCUT2D eigenvalue weighted by molar-refractivity contribution is 0.709. The van der Waals surface area contributed by atoms with Crippen molar-refractivity contribution in [3.63, 3.8) is 0 Å². The number of H-pyrrole nitrogens is 1. The van der Waals surface area contributed by atoms with Crippen LogP contribution in [0.1, 0.15) is 12.5 Å². The third-order valence-corrected chi connectivity index (χ3v) is 3.80. The van der Waals surface area contributed by atoms with Crippen molar-refractivity contribution in [3.8, 4) is 0 Å². The number of aromatic amines is 1. The molecule has 110 valence electrons. The Bertz CT molecular complexity index is 924. The molecule has 0 radical (unpaired) electrons. The number of rotatable bonds is 4. The van der Waals surface area contributed by atoms with Crippen LogP contribution >= 0.6 is 0 Å². The van der Waals surface area contributed by atoms with E-state index < -0.39 is 0 Å². The SMILES string of the molecule is CCN(Cc1c[nH]c2ccccc12)c1ccc2nnnn2n1. The highest BCUT2D eigenvalue weighted by molar-refractivity contribution is 5.83. The Balaban J connectivity index is 1.69. The van der Waals surface area contributed by atoms with Crippen molar-refractivity contribution in [2.45, 2.75) is 13.5 Å². The molecule has 0 fully saturated rings. The summed E-state index contributed by atoms with van der Waals surface area (Å²) in [7, 11) is 0. The predicted octanol–water partition coefficient (Wildman–Crippen LogP) is 2.03. The van der Waals surface area contributed by atoms with Crippen molar-refractivity contribution in [1.29, 1.82) is 0 Å². The van der Waals surface area contributed by atoms with Crippen LogP contribution in [0.3, 0.4) is 0 Å². The molecule has 4 aromatic rings. The lowest BCUT2D eigenvalue weighted by Gasteiger charge is -2.21. The molecular formula is C15H15N7. The van der Waals surface area contributed by atoms with E-state index in [1.807, 2.05) is 18.2 Å². The van der Waals surface area contributed by atoms with Crippen LogP contribution < -0.4 is 4.90 Å². The molecule has 0 spiro atoms. The minimum Gasteiger partial charge on any atom is -0.361 e. The van der Waals surface area contributed by atoms with Gasteiger partial charge in [-0.15, -0.1) is 14.8 Å². The van der Waals surface area contributed by atoms with Crippen LogP contribution in [0.25, 0.3) is 16.6 Å². The second kappa shape index (κ2) is 5.10. The highest BCUT2D eigenvalue weighted by atomic mass is 15.6. The Hall–Kier alpha value is -2.96. The van der Waals surface area contributed by atoms with Crippen molar-refractivity contribution in [2.75, 3.05) is 11.4 Å². The van der Waals surface area contributed by atoms with Crippen molar-refractivity contribution < 1.29 is 0 Å². The number of anilines is 1. The molecule has 22 heavy (non-hydrogen) atoms. The van der Waals surface area contributed by atoms with Gasteiger partial charge in [-0.25, -0.2) is 0 Å². The summed E-state index contributed by atoms with van der Waals surface area (Å²) in [6, 6.07) is 12.1. The van der Waals surface area contributed by atoms with Crippen LogP contribution in [-0.2, 0) is 6.54 Å². The fourth-order valence-electron chi connectivity index (χ4n) is 2.63. The Morgan fingerprint density at radius 1 is 1.18 bits per heavy atom. The Morgan fingerprint density at radius 3 is 3.00 bits per heavy atom. The molecule has 1 N–H and O–H groups in total. The second-order valence-electron chi connectivity index (χ2n) is 5.09. The maximum absolute atomic E-state index is 4.46. The Labute approximate surface area is 126 Å². The van der Waals surface area contributed by atoms with Gasteiger partial charge in [-0.3, -0.25) is 0 Å². The molecule has 7 heteroatoms. The van der Waals surface area contributed by atoms with Gasteiger partial charge in [0.2, 0.25) is 0 Å². The highest BCUT2D eigenvalue weighted by Gasteiger charge is 2.11. The van der Waals surface area contributed by atoms with Gasteiger partial charge in [-0.05, 0) is 41.1 Å². The third kappa shape index (κ3) is 2.07. The molecule has 0 aliphatic rings. The van der Waals surface area contributed by atoms with Gasteiger partial charge in [-0.1, -0.05) is 18.2 Å². The monoisotopic (exact) mass is 293 g/mol. The summed E-state index contributed by atoms with van der Waals surface area (Å²) in [5.74, 6) is 0.854. The summed E-state index contributed by atoms with van der Waals surface area (Å²) in [5, 5.41) is 17.1. The number of fused-ring (bicyclic) bond motifs is 2. The van der Waals surface area contributed by atoms with Crippen molar-refractivity contribution in [1.82, 2.24) is 30.2 Å². The molecule has 1 aromatic carbocycles. The first-order chi connectivity index (χ1) is 10.8. The van der Waals surface area contributed by atoms with E-state index in [9.17, 15) is 0 Å².